The van der Waals surface area contributed by atoms with E-state index in [9.17, 15) is 5.11 Å². The SMILES string of the molecule is C=C(C)[C@H]1[C@H](O)C#CCCCC[C@@H]2O[C@@H]1C=C2C. The third-order valence-corrected chi connectivity index (χ3v) is 3.79. The maximum absolute atomic E-state index is 10.2. The van der Waals surface area contributed by atoms with Gasteiger partial charge in [0.05, 0.1) is 12.2 Å². The van der Waals surface area contributed by atoms with Crippen LogP contribution in [0.15, 0.2) is 23.8 Å². The molecule has 18 heavy (non-hydrogen) atoms. The van der Waals surface area contributed by atoms with Gasteiger partial charge < -0.3 is 9.84 Å². The molecule has 0 saturated carbocycles. The number of ether oxygens (including phenoxy) is 1. The Morgan fingerprint density at radius 3 is 3.00 bits per heavy atom. The molecule has 0 aliphatic carbocycles. The average Bonchev–Trinajstić information content (AvgIpc) is 2.61. The molecule has 2 nitrogen and oxygen atoms in total. The van der Waals surface area contributed by atoms with E-state index in [4.69, 9.17) is 4.74 Å². The average molecular weight is 246 g/mol. The number of rotatable bonds is 1. The van der Waals surface area contributed by atoms with Crippen molar-refractivity contribution in [3.05, 3.63) is 23.8 Å². The lowest BCUT2D eigenvalue weighted by Crippen LogP contribution is -2.32. The summed E-state index contributed by atoms with van der Waals surface area (Å²) in [6, 6.07) is 0. The maximum atomic E-state index is 10.2. The van der Waals surface area contributed by atoms with E-state index in [1.165, 1.54) is 5.57 Å². The summed E-state index contributed by atoms with van der Waals surface area (Å²) in [4.78, 5) is 0. The molecule has 2 bridgehead atoms. The van der Waals surface area contributed by atoms with Crippen molar-refractivity contribution in [2.75, 3.05) is 0 Å². The smallest absolute Gasteiger partial charge is 0.124 e. The number of hydrogen-bond donors (Lipinski definition) is 1. The van der Waals surface area contributed by atoms with Gasteiger partial charge in [-0.25, -0.2) is 0 Å². The largest absolute Gasteiger partial charge is 0.380 e. The van der Waals surface area contributed by atoms with E-state index >= 15 is 0 Å². The van der Waals surface area contributed by atoms with Crippen LogP contribution < -0.4 is 0 Å². The predicted octanol–water partition coefficient (Wildman–Crippen LogP) is 2.83. The first-order chi connectivity index (χ1) is 8.59. The summed E-state index contributed by atoms with van der Waals surface area (Å²) in [7, 11) is 0. The molecule has 0 amide bonds. The van der Waals surface area contributed by atoms with Crippen LogP contribution in [-0.2, 0) is 4.74 Å². The number of aliphatic hydroxyl groups excluding tert-OH is 1. The van der Waals surface area contributed by atoms with E-state index in [-0.39, 0.29) is 18.1 Å². The fourth-order valence-electron chi connectivity index (χ4n) is 2.73. The Morgan fingerprint density at radius 2 is 2.28 bits per heavy atom. The molecule has 2 aliphatic heterocycles. The first-order valence-corrected chi connectivity index (χ1v) is 6.75. The van der Waals surface area contributed by atoms with Gasteiger partial charge in [-0.15, -0.1) is 5.92 Å². The Hall–Kier alpha value is -1.04. The van der Waals surface area contributed by atoms with Crippen molar-refractivity contribution < 1.29 is 9.84 Å². The summed E-state index contributed by atoms with van der Waals surface area (Å²) < 4.78 is 6.07. The lowest BCUT2D eigenvalue weighted by atomic mass is 9.89. The number of hydrogen-bond acceptors (Lipinski definition) is 2. The van der Waals surface area contributed by atoms with Crippen molar-refractivity contribution in [2.45, 2.75) is 57.8 Å². The van der Waals surface area contributed by atoms with Gasteiger partial charge in [-0.1, -0.05) is 24.1 Å². The highest BCUT2D eigenvalue weighted by Gasteiger charge is 2.34. The molecule has 1 N–H and O–H groups in total. The van der Waals surface area contributed by atoms with Crippen LogP contribution in [0.5, 0.6) is 0 Å². The van der Waals surface area contributed by atoms with E-state index in [0.717, 1.165) is 31.3 Å². The normalized spacial score (nSPS) is 36.1. The van der Waals surface area contributed by atoms with Crippen LogP contribution in [0.25, 0.3) is 0 Å². The molecule has 0 unspecified atom stereocenters. The molecular formula is C16H22O2. The van der Waals surface area contributed by atoms with Gasteiger partial charge in [-0.2, -0.15) is 0 Å². The lowest BCUT2D eigenvalue weighted by Gasteiger charge is -2.26. The molecule has 2 rings (SSSR count). The van der Waals surface area contributed by atoms with E-state index in [1.54, 1.807) is 0 Å². The van der Waals surface area contributed by atoms with Crippen LogP contribution >= 0.6 is 0 Å². The van der Waals surface area contributed by atoms with Crippen LogP contribution in [0.4, 0.5) is 0 Å². The molecule has 98 valence electrons. The summed E-state index contributed by atoms with van der Waals surface area (Å²) in [6.45, 7) is 8.04. The van der Waals surface area contributed by atoms with Gasteiger partial charge in [-0.05, 0) is 38.7 Å². The second kappa shape index (κ2) is 5.73. The Balaban J connectivity index is 2.26. The van der Waals surface area contributed by atoms with Crippen molar-refractivity contribution in [3.63, 3.8) is 0 Å². The second-order valence-electron chi connectivity index (χ2n) is 5.38. The number of fused-ring (bicyclic) bond motifs is 2. The topological polar surface area (TPSA) is 29.5 Å². The van der Waals surface area contributed by atoms with Crippen molar-refractivity contribution in [1.82, 2.24) is 0 Å². The van der Waals surface area contributed by atoms with Crippen LogP contribution in [0.1, 0.15) is 39.5 Å². The third kappa shape index (κ3) is 2.85. The minimum atomic E-state index is -0.673. The molecule has 2 heterocycles. The van der Waals surface area contributed by atoms with E-state index in [2.05, 4.69) is 31.4 Å². The van der Waals surface area contributed by atoms with Gasteiger partial charge in [-0.3, -0.25) is 0 Å². The lowest BCUT2D eigenvalue weighted by molar-refractivity contribution is 0.000398. The zero-order valence-corrected chi connectivity index (χ0v) is 11.3. The van der Waals surface area contributed by atoms with Crippen LogP contribution in [0.2, 0.25) is 0 Å². The van der Waals surface area contributed by atoms with E-state index in [0.29, 0.717) is 0 Å². The van der Waals surface area contributed by atoms with Crippen molar-refractivity contribution in [3.8, 4) is 11.8 Å². The van der Waals surface area contributed by atoms with Gasteiger partial charge >= 0.3 is 0 Å². The Labute approximate surface area is 110 Å². The molecule has 0 radical (unpaired) electrons. The van der Waals surface area contributed by atoms with Gasteiger partial charge in [0.25, 0.3) is 0 Å². The first kappa shape index (κ1) is 13.4. The highest BCUT2D eigenvalue weighted by atomic mass is 16.5. The monoisotopic (exact) mass is 246 g/mol. The maximum Gasteiger partial charge on any atom is 0.124 e. The summed E-state index contributed by atoms with van der Waals surface area (Å²) in [6.07, 6.45) is 5.72. The highest BCUT2D eigenvalue weighted by molar-refractivity contribution is 5.23. The Kier molecular flexibility index (Phi) is 4.27. The van der Waals surface area contributed by atoms with Crippen LogP contribution in [0, 0.1) is 17.8 Å². The minimum absolute atomic E-state index is 0.0742. The molecule has 2 aliphatic rings. The first-order valence-electron chi connectivity index (χ1n) is 6.75. The summed E-state index contributed by atoms with van der Waals surface area (Å²) in [5.41, 5.74) is 2.22. The molecule has 0 saturated heterocycles. The Morgan fingerprint density at radius 1 is 1.50 bits per heavy atom. The van der Waals surface area contributed by atoms with Crippen molar-refractivity contribution >= 4 is 0 Å². The second-order valence-corrected chi connectivity index (χ2v) is 5.38. The molecule has 0 aromatic rings. The van der Waals surface area contributed by atoms with Gasteiger partial charge in [0, 0.05) is 12.3 Å². The summed E-state index contributed by atoms with van der Waals surface area (Å²) >= 11 is 0. The highest BCUT2D eigenvalue weighted by Crippen LogP contribution is 2.32. The molecule has 0 spiro atoms. The third-order valence-electron chi connectivity index (χ3n) is 3.79. The minimum Gasteiger partial charge on any atom is -0.380 e. The molecule has 2 heteroatoms. The predicted molar refractivity (Wildman–Crippen MR) is 73.0 cm³/mol. The van der Waals surface area contributed by atoms with Gasteiger partial charge in [0.1, 0.15) is 6.10 Å². The van der Waals surface area contributed by atoms with Crippen molar-refractivity contribution in [1.29, 1.82) is 0 Å². The van der Waals surface area contributed by atoms with Crippen LogP contribution in [0.3, 0.4) is 0 Å². The van der Waals surface area contributed by atoms with Crippen molar-refractivity contribution in [2.24, 2.45) is 5.92 Å². The molecule has 0 fully saturated rings. The standard InChI is InChI=1S/C16H22O2/c1-11(2)16-13(17)8-6-4-5-7-9-14-12(3)10-15(16)18-14/h10,13-17H,1,4-5,7,9H2,2-3H3/t13-,14+,15-,16+/m1/s1. The zero-order chi connectivity index (χ0) is 13.1. The fourth-order valence-corrected chi connectivity index (χ4v) is 2.73. The summed E-state index contributed by atoms with van der Waals surface area (Å²) in [5, 5.41) is 10.2. The van der Waals surface area contributed by atoms with Gasteiger partial charge in [0.15, 0.2) is 0 Å². The molecule has 0 aromatic carbocycles. The fraction of sp³-hybridized carbons (Fsp3) is 0.625. The zero-order valence-electron chi connectivity index (χ0n) is 11.3. The van der Waals surface area contributed by atoms with Crippen LogP contribution in [-0.4, -0.2) is 23.4 Å². The Bertz CT molecular complexity index is 411. The van der Waals surface area contributed by atoms with E-state index in [1.807, 2.05) is 6.92 Å². The molecule has 0 aromatic heterocycles. The molecule has 4 atom stereocenters. The quantitative estimate of drug-likeness (QED) is 0.569. The number of aliphatic hydroxyl groups is 1. The van der Waals surface area contributed by atoms with E-state index < -0.39 is 6.10 Å². The summed E-state index contributed by atoms with van der Waals surface area (Å²) in [5.74, 6) is 5.90. The van der Waals surface area contributed by atoms with Gasteiger partial charge in [0.2, 0.25) is 0 Å². The molecular weight excluding hydrogens is 224 g/mol.